The molecule has 1 unspecified atom stereocenters. The molecule has 4 nitrogen and oxygen atoms in total. The van der Waals surface area contributed by atoms with Crippen molar-refractivity contribution in [1.82, 2.24) is 5.32 Å². The van der Waals surface area contributed by atoms with E-state index in [1.165, 1.54) is 0 Å². The molecular weight excluding hydrogens is 156 g/mol. The van der Waals surface area contributed by atoms with Gasteiger partial charge in [0.05, 0.1) is 0 Å². The standard InChI is InChI=1S/C8H12N2O2/c1-4-7(10-5-9)12-8(11)6(2)3/h7,10H,2,4H2,1,3H3. The first-order valence-corrected chi connectivity index (χ1v) is 3.63. The third kappa shape index (κ3) is 3.62. The Bertz CT molecular complexity index is 218. The second-order valence-corrected chi connectivity index (χ2v) is 2.34. The van der Waals surface area contributed by atoms with Gasteiger partial charge in [-0.05, 0) is 6.92 Å². The van der Waals surface area contributed by atoms with Crippen molar-refractivity contribution in [3.05, 3.63) is 12.2 Å². The third-order valence-corrected chi connectivity index (χ3v) is 1.19. The van der Waals surface area contributed by atoms with Crippen molar-refractivity contribution in [2.45, 2.75) is 26.5 Å². The lowest BCUT2D eigenvalue weighted by Crippen LogP contribution is -2.29. The highest BCUT2D eigenvalue weighted by molar-refractivity contribution is 5.87. The fourth-order valence-corrected chi connectivity index (χ4v) is 0.517. The van der Waals surface area contributed by atoms with Gasteiger partial charge in [-0.15, -0.1) is 0 Å². The Morgan fingerprint density at radius 2 is 2.42 bits per heavy atom. The van der Waals surface area contributed by atoms with Crippen LogP contribution in [0.2, 0.25) is 0 Å². The smallest absolute Gasteiger partial charge is 0.335 e. The van der Waals surface area contributed by atoms with Gasteiger partial charge in [-0.25, -0.2) is 4.79 Å². The number of nitrogens with zero attached hydrogens (tertiary/aromatic N) is 1. The van der Waals surface area contributed by atoms with Crippen molar-refractivity contribution in [1.29, 1.82) is 5.26 Å². The zero-order valence-electron chi connectivity index (χ0n) is 7.26. The molecule has 0 aromatic carbocycles. The minimum Gasteiger partial charge on any atom is -0.438 e. The molecule has 0 saturated carbocycles. The monoisotopic (exact) mass is 168 g/mol. The first-order chi connectivity index (χ1) is 5.61. The molecule has 4 heteroatoms. The van der Waals surface area contributed by atoms with Crippen LogP contribution in [0.1, 0.15) is 20.3 Å². The lowest BCUT2D eigenvalue weighted by Gasteiger charge is -2.13. The van der Waals surface area contributed by atoms with Crippen LogP contribution in [0.4, 0.5) is 0 Å². The Kier molecular flexibility index (Phi) is 4.54. The number of nitrogens with one attached hydrogen (secondary N) is 1. The summed E-state index contributed by atoms with van der Waals surface area (Å²) < 4.78 is 4.83. The highest BCUT2D eigenvalue weighted by Crippen LogP contribution is 1.98. The second-order valence-electron chi connectivity index (χ2n) is 2.34. The Labute approximate surface area is 71.8 Å². The molecule has 0 aromatic rings. The van der Waals surface area contributed by atoms with Gasteiger partial charge in [0.15, 0.2) is 12.4 Å². The minimum absolute atomic E-state index is 0.327. The van der Waals surface area contributed by atoms with E-state index in [-0.39, 0.29) is 0 Å². The fraction of sp³-hybridized carbons (Fsp3) is 0.500. The van der Waals surface area contributed by atoms with Crippen molar-refractivity contribution in [3.63, 3.8) is 0 Å². The molecule has 0 spiro atoms. The molecule has 1 N–H and O–H groups in total. The Morgan fingerprint density at radius 1 is 1.83 bits per heavy atom. The van der Waals surface area contributed by atoms with E-state index >= 15 is 0 Å². The summed E-state index contributed by atoms with van der Waals surface area (Å²) in [7, 11) is 0. The maximum Gasteiger partial charge on any atom is 0.335 e. The lowest BCUT2D eigenvalue weighted by atomic mass is 10.3. The van der Waals surface area contributed by atoms with Crippen LogP contribution >= 0.6 is 0 Å². The summed E-state index contributed by atoms with van der Waals surface area (Å²) in [6, 6.07) is 0. The zero-order chi connectivity index (χ0) is 9.56. The van der Waals surface area contributed by atoms with Crippen molar-refractivity contribution in [2.75, 3.05) is 0 Å². The Hall–Kier alpha value is -1.50. The molecule has 0 radical (unpaired) electrons. The number of carbonyl (C=O) groups is 1. The molecule has 0 bridgehead atoms. The SMILES string of the molecule is C=C(C)C(=O)OC(CC)NC#N. The average molecular weight is 168 g/mol. The Balaban J connectivity index is 3.95. The summed E-state index contributed by atoms with van der Waals surface area (Å²) in [6.07, 6.45) is 1.71. The zero-order valence-corrected chi connectivity index (χ0v) is 7.26. The van der Waals surface area contributed by atoms with Crippen LogP contribution in [0.5, 0.6) is 0 Å². The van der Waals surface area contributed by atoms with Gasteiger partial charge in [-0.3, -0.25) is 5.32 Å². The average Bonchev–Trinajstić information content (AvgIpc) is 2.03. The van der Waals surface area contributed by atoms with E-state index < -0.39 is 12.2 Å². The topological polar surface area (TPSA) is 62.1 Å². The summed E-state index contributed by atoms with van der Waals surface area (Å²) in [4.78, 5) is 10.9. The normalized spacial score (nSPS) is 11.1. The van der Waals surface area contributed by atoms with E-state index in [4.69, 9.17) is 10.00 Å². The number of esters is 1. The lowest BCUT2D eigenvalue weighted by molar-refractivity contribution is -0.145. The van der Waals surface area contributed by atoms with Gasteiger partial charge in [-0.2, -0.15) is 5.26 Å². The number of carbonyl (C=O) groups excluding carboxylic acids is 1. The molecular formula is C8H12N2O2. The maximum atomic E-state index is 10.9. The highest BCUT2D eigenvalue weighted by Gasteiger charge is 2.10. The van der Waals surface area contributed by atoms with E-state index in [1.54, 1.807) is 20.0 Å². The third-order valence-electron chi connectivity index (χ3n) is 1.19. The molecule has 0 aliphatic heterocycles. The summed E-state index contributed by atoms with van der Waals surface area (Å²) in [6.45, 7) is 6.78. The van der Waals surface area contributed by atoms with Crippen LogP contribution in [0, 0.1) is 11.5 Å². The van der Waals surface area contributed by atoms with Crippen molar-refractivity contribution in [2.24, 2.45) is 0 Å². The molecule has 0 heterocycles. The predicted molar refractivity (Wildman–Crippen MR) is 43.7 cm³/mol. The van der Waals surface area contributed by atoms with Crippen molar-refractivity contribution < 1.29 is 9.53 Å². The number of rotatable bonds is 4. The van der Waals surface area contributed by atoms with Crippen LogP contribution in [-0.2, 0) is 9.53 Å². The van der Waals surface area contributed by atoms with Crippen molar-refractivity contribution >= 4 is 5.97 Å². The number of ether oxygens (including phenoxy) is 1. The summed E-state index contributed by atoms with van der Waals surface area (Å²) in [5.74, 6) is -0.482. The summed E-state index contributed by atoms with van der Waals surface area (Å²) >= 11 is 0. The molecule has 0 aliphatic carbocycles. The summed E-state index contributed by atoms with van der Waals surface area (Å²) in [5.41, 5.74) is 0.327. The Morgan fingerprint density at radius 3 is 2.75 bits per heavy atom. The van der Waals surface area contributed by atoms with Crippen LogP contribution in [0.25, 0.3) is 0 Å². The van der Waals surface area contributed by atoms with Gasteiger partial charge >= 0.3 is 5.97 Å². The molecule has 0 aliphatic rings. The first-order valence-electron chi connectivity index (χ1n) is 3.63. The van der Waals surface area contributed by atoms with Crippen LogP contribution < -0.4 is 5.32 Å². The van der Waals surface area contributed by atoms with Gasteiger partial charge in [0.2, 0.25) is 0 Å². The van der Waals surface area contributed by atoms with Gasteiger partial charge < -0.3 is 4.74 Å². The fourth-order valence-electron chi connectivity index (χ4n) is 0.517. The molecule has 0 saturated heterocycles. The molecule has 0 amide bonds. The van der Waals surface area contributed by atoms with Gasteiger partial charge in [0, 0.05) is 12.0 Å². The number of nitriles is 1. The first kappa shape index (κ1) is 10.5. The quantitative estimate of drug-likeness (QED) is 0.223. The summed E-state index contributed by atoms with van der Waals surface area (Å²) in [5, 5.41) is 10.6. The second kappa shape index (κ2) is 5.19. The van der Waals surface area contributed by atoms with E-state index in [2.05, 4.69) is 11.9 Å². The van der Waals surface area contributed by atoms with Crippen LogP contribution in [0.15, 0.2) is 12.2 Å². The van der Waals surface area contributed by atoms with Gasteiger partial charge in [-0.1, -0.05) is 13.5 Å². The molecule has 0 fully saturated rings. The molecule has 66 valence electrons. The highest BCUT2D eigenvalue weighted by atomic mass is 16.6. The largest absolute Gasteiger partial charge is 0.438 e. The van der Waals surface area contributed by atoms with E-state index in [0.29, 0.717) is 12.0 Å². The molecule has 0 rings (SSSR count). The maximum absolute atomic E-state index is 10.9. The van der Waals surface area contributed by atoms with Crippen LogP contribution in [0.3, 0.4) is 0 Å². The van der Waals surface area contributed by atoms with Gasteiger partial charge in [0.25, 0.3) is 0 Å². The van der Waals surface area contributed by atoms with Gasteiger partial charge in [0.1, 0.15) is 0 Å². The molecule has 1 atom stereocenters. The predicted octanol–water partition coefficient (Wildman–Crippen LogP) is 0.912. The minimum atomic E-state index is -0.542. The van der Waals surface area contributed by atoms with E-state index in [0.717, 1.165) is 0 Å². The molecule has 0 aromatic heterocycles. The van der Waals surface area contributed by atoms with Crippen molar-refractivity contribution in [3.8, 4) is 6.19 Å². The van der Waals surface area contributed by atoms with Crippen LogP contribution in [-0.4, -0.2) is 12.2 Å². The van der Waals surface area contributed by atoms with E-state index in [1.807, 2.05) is 0 Å². The van der Waals surface area contributed by atoms with E-state index in [9.17, 15) is 4.79 Å². The number of hydrogen-bond donors (Lipinski definition) is 1. The number of hydrogen-bond acceptors (Lipinski definition) is 4. The molecule has 12 heavy (non-hydrogen) atoms.